The molecule has 0 saturated carbocycles. The summed E-state index contributed by atoms with van der Waals surface area (Å²) in [6.45, 7) is 6.05. The molecule has 1 aliphatic rings. The Hall–Kier alpha value is -1.06. The molecule has 1 N–H and O–H groups in total. The number of aliphatic hydroxyl groups is 1. The smallest absolute Gasteiger partial charge is 0.0726 e. The third-order valence-corrected chi connectivity index (χ3v) is 2.92. The van der Waals surface area contributed by atoms with Gasteiger partial charge in [0.1, 0.15) is 0 Å². The van der Waals surface area contributed by atoms with Gasteiger partial charge in [-0.1, -0.05) is 18.2 Å². The highest BCUT2D eigenvalue weighted by molar-refractivity contribution is 5.53. The maximum absolute atomic E-state index is 9.32. The molecule has 1 aromatic rings. The molecule has 2 unspecified atom stereocenters. The van der Waals surface area contributed by atoms with Crippen molar-refractivity contribution in [3.05, 3.63) is 29.8 Å². The molecule has 88 valence electrons. The van der Waals surface area contributed by atoms with Crippen LogP contribution in [0.3, 0.4) is 0 Å². The zero-order valence-electron chi connectivity index (χ0n) is 9.89. The summed E-state index contributed by atoms with van der Waals surface area (Å²) < 4.78 is 5.71. The minimum Gasteiger partial charge on any atom is -0.392 e. The zero-order chi connectivity index (χ0) is 11.5. The second-order valence-electron chi connectivity index (χ2n) is 4.45. The second kappa shape index (κ2) is 4.85. The van der Waals surface area contributed by atoms with Crippen molar-refractivity contribution in [3.8, 4) is 0 Å². The highest BCUT2D eigenvalue weighted by Crippen LogP contribution is 2.24. The number of aliphatic hydroxyl groups excluding tert-OH is 1. The zero-order valence-corrected chi connectivity index (χ0v) is 9.89. The topological polar surface area (TPSA) is 32.7 Å². The Bertz CT molecular complexity index is 344. The lowest BCUT2D eigenvalue weighted by Crippen LogP contribution is -2.45. The predicted octanol–water partition coefficient (Wildman–Crippen LogP) is 1.79. The molecule has 3 heteroatoms. The molecule has 1 heterocycles. The fourth-order valence-electron chi connectivity index (χ4n) is 2.33. The highest BCUT2D eigenvalue weighted by atomic mass is 16.5. The number of hydrogen-bond acceptors (Lipinski definition) is 3. The summed E-state index contributed by atoms with van der Waals surface area (Å²) in [6, 6.07) is 8.01. The summed E-state index contributed by atoms with van der Waals surface area (Å²) in [6.07, 6.45) is 0.492. The van der Waals surface area contributed by atoms with E-state index in [0.717, 1.165) is 24.3 Å². The van der Waals surface area contributed by atoms with Gasteiger partial charge in [0, 0.05) is 24.3 Å². The molecule has 0 spiro atoms. The fraction of sp³-hybridized carbons (Fsp3) is 0.538. The molecular formula is C13H19NO2. The van der Waals surface area contributed by atoms with Crippen molar-refractivity contribution < 1.29 is 9.84 Å². The quantitative estimate of drug-likeness (QED) is 0.826. The molecule has 0 radical (unpaired) electrons. The number of benzene rings is 1. The van der Waals surface area contributed by atoms with Crippen molar-refractivity contribution in [1.29, 1.82) is 0 Å². The molecule has 16 heavy (non-hydrogen) atoms. The van der Waals surface area contributed by atoms with E-state index < -0.39 is 0 Å². The van der Waals surface area contributed by atoms with Crippen LogP contribution in [0.4, 0.5) is 5.69 Å². The van der Waals surface area contributed by atoms with Crippen LogP contribution in [0.5, 0.6) is 0 Å². The maximum Gasteiger partial charge on any atom is 0.0726 e. The van der Waals surface area contributed by atoms with Crippen LogP contribution < -0.4 is 4.90 Å². The molecule has 2 rings (SSSR count). The minimum atomic E-state index is 0.0935. The van der Waals surface area contributed by atoms with Crippen LogP contribution in [-0.2, 0) is 11.3 Å². The number of morpholine rings is 1. The van der Waals surface area contributed by atoms with Crippen molar-refractivity contribution in [2.45, 2.75) is 32.7 Å². The van der Waals surface area contributed by atoms with Crippen molar-refractivity contribution in [3.63, 3.8) is 0 Å². The molecule has 0 bridgehead atoms. The number of rotatable bonds is 2. The first-order chi connectivity index (χ1) is 7.70. The van der Waals surface area contributed by atoms with E-state index in [1.165, 1.54) is 0 Å². The molecule has 1 aliphatic heterocycles. The van der Waals surface area contributed by atoms with Crippen LogP contribution in [0, 0.1) is 0 Å². The summed E-state index contributed by atoms with van der Waals surface area (Å²) in [5, 5.41) is 9.32. The largest absolute Gasteiger partial charge is 0.392 e. The summed E-state index contributed by atoms with van der Waals surface area (Å²) >= 11 is 0. The van der Waals surface area contributed by atoms with E-state index in [9.17, 15) is 5.11 Å². The Kier molecular flexibility index (Phi) is 3.46. The van der Waals surface area contributed by atoms with Gasteiger partial charge in [-0.05, 0) is 19.9 Å². The third kappa shape index (κ3) is 2.36. The molecule has 2 atom stereocenters. The van der Waals surface area contributed by atoms with Crippen LogP contribution in [-0.4, -0.2) is 30.4 Å². The van der Waals surface area contributed by atoms with Gasteiger partial charge < -0.3 is 14.7 Å². The maximum atomic E-state index is 9.32. The standard InChI is InChI=1S/C13H19NO2/c1-10-7-14(8-11(2)16-10)13-6-4-3-5-12(13)9-15/h3-6,10-11,15H,7-9H2,1-2H3. The van der Waals surface area contributed by atoms with E-state index in [0.29, 0.717) is 0 Å². The van der Waals surface area contributed by atoms with E-state index in [1.807, 2.05) is 18.2 Å². The normalized spacial score (nSPS) is 25.8. The van der Waals surface area contributed by atoms with Crippen LogP contribution >= 0.6 is 0 Å². The SMILES string of the molecule is CC1CN(c2ccccc2CO)CC(C)O1. The molecule has 1 aromatic carbocycles. The lowest BCUT2D eigenvalue weighted by atomic mass is 10.1. The summed E-state index contributed by atoms with van der Waals surface area (Å²) in [7, 11) is 0. The summed E-state index contributed by atoms with van der Waals surface area (Å²) in [4.78, 5) is 2.30. The Morgan fingerprint density at radius 3 is 2.50 bits per heavy atom. The molecule has 0 aromatic heterocycles. The van der Waals surface area contributed by atoms with E-state index >= 15 is 0 Å². The van der Waals surface area contributed by atoms with E-state index in [-0.39, 0.29) is 18.8 Å². The molecule has 3 nitrogen and oxygen atoms in total. The van der Waals surface area contributed by atoms with Crippen molar-refractivity contribution in [1.82, 2.24) is 0 Å². The fourth-order valence-corrected chi connectivity index (χ4v) is 2.33. The van der Waals surface area contributed by atoms with Gasteiger partial charge >= 0.3 is 0 Å². The molecular weight excluding hydrogens is 202 g/mol. The van der Waals surface area contributed by atoms with Gasteiger partial charge in [0.15, 0.2) is 0 Å². The van der Waals surface area contributed by atoms with Crippen LogP contribution in [0.25, 0.3) is 0 Å². The first-order valence-electron chi connectivity index (χ1n) is 5.80. The Morgan fingerprint density at radius 2 is 1.88 bits per heavy atom. The summed E-state index contributed by atoms with van der Waals surface area (Å²) in [5.41, 5.74) is 2.12. The van der Waals surface area contributed by atoms with Gasteiger partial charge in [-0.2, -0.15) is 0 Å². The molecule has 0 aliphatic carbocycles. The molecule has 1 fully saturated rings. The first kappa shape index (κ1) is 11.4. The number of hydrogen-bond donors (Lipinski definition) is 1. The molecule has 1 saturated heterocycles. The predicted molar refractivity (Wildman–Crippen MR) is 64.6 cm³/mol. The van der Waals surface area contributed by atoms with Gasteiger partial charge in [-0.15, -0.1) is 0 Å². The highest BCUT2D eigenvalue weighted by Gasteiger charge is 2.23. The first-order valence-corrected chi connectivity index (χ1v) is 5.80. The second-order valence-corrected chi connectivity index (χ2v) is 4.45. The Morgan fingerprint density at radius 1 is 1.25 bits per heavy atom. The number of para-hydroxylation sites is 1. The van der Waals surface area contributed by atoms with Crippen molar-refractivity contribution in [2.75, 3.05) is 18.0 Å². The number of nitrogens with zero attached hydrogens (tertiary/aromatic N) is 1. The van der Waals surface area contributed by atoms with Crippen molar-refractivity contribution >= 4 is 5.69 Å². The van der Waals surface area contributed by atoms with Gasteiger partial charge in [0.2, 0.25) is 0 Å². The van der Waals surface area contributed by atoms with Gasteiger partial charge in [0.25, 0.3) is 0 Å². The number of anilines is 1. The van der Waals surface area contributed by atoms with E-state index in [2.05, 4.69) is 24.8 Å². The van der Waals surface area contributed by atoms with Gasteiger partial charge in [-0.25, -0.2) is 0 Å². The lowest BCUT2D eigenvalue weighted by Gasteiger charge is -2.37. The van der Waals surface area contributed by atoms with Crippen LogP contribution in [0.15, 0.2) is 24.3 Å². The Balaban J connectivity index is 2.22. The lowest BCUT2D eigenvalue weighted by molar-refractivity contribution is -0.00531. The van der Waals surface area contributed by atoms with E-state index in [4.69, 9.17) is 4.74 Å². The van der Waals surface area contributed by atoms with E-state index in [1.54, 1.807) is 0 Å². The van der Waals surface area contributed by atoms with Crippen molar-refractivity contribution in [2.24, 2.45) is 0 Å². The monoisotopic (exact) mass is 221 g/mol. The Labute approximate surface area is 96.6 Å². The van der Waals surface area contributed by atoms with Crippen LogP contribution in [0.2, 0.25) is 0 Å². The summed E-state index contributed by atoms with van der Waals surface area (Å²) in [5.74, 6) is 0. The number of ether oxygens (including phenoxy) is 1. The van der Waals surface area contributed by atoms with Gasteiger partial charge in [-0.3, -0.25) is 0 Å². The third-order valence-electron chi connectivity index (χ3n) is 2.92. The average molecular weight is 221 g/mol. The van der Waals surface area contributed by atoms with Gasteiger partial charge in [0.05, 0.1) is 18.8 Å². The minimum absolute atomic E-state index is 0.0935. The van der Waals surface area contributed by atoms with Crippen LogP contribution in [0.1, 0.15) is 19.4 Å². The average Bonchev–Trinajstić information content (AvgIpc) is 2.27. The molecule has 0 amide bonds.